The molecule has 0 aliphatic carbocycles. The molecule has 0 fully saturated rings. The third-order valence-electron chi connectivity index (χ3n) is 3.68. The van der Waals surface area contributed by atoms with Gasteiger partial charge in [0.15, 0.2) is 0 Å². The van der Waals surface area contributed by atoms with Gasteiger partial charge in [-0.25, -0.2) is 4.98 Å². The fraction of sp³-hybridized carbons (Fsp3) is 0.812. The molecular weight excluding hydrogens is 252 g/mol. The Balaban J connectivity index is 2.18. The number of aromatic nitrogens is 1. The van der Waals surface area contributed by atoms with Crippen molar-refractivity contribution in [3.05, 3.63) is 15.6 Å². The molecule has 1 heterocycles. The van der Waals surface area contributed by atoms with Gasteiger partial charge in [-0.1, -0.05) is 58.8 Å². The summed E-state index contributed by atoms with van der Waals surface area (Å²) >= 11 is 1.79. The van der Waals surface area contributed by atoms with E-state index in [1.165, 1.54) is 55.5 Å². The van der Waals surface area contributed by atoms with E-state index in [9.17, 15) is 0 Å². The molecule has 2 nitrogen and oxygen atoms in total. The normalized spacial score (nSPS) is 12.8. The molecule has 0 saturated heterocycles. The summed E-state index contributed by atoms with van der Waals surface area (Å²) in [5.74, 6) is 0. The molecule has 1 aromatic rings. The Morgan fingerprint density at radius 3 is 2.26 bits per heavy atom. The van der Waals surface area contributed by atoms with Crippen molar-refractivity contribution >= 4 is 11.3 Å². The van der Waals surface area contributed by atoms with Gasteiger partial charge in [-0.15, -0.1) is 11.3 Å². The van der Waals surface area contributed by atoms with Crippen LogP contribution in [0.5, 0.6) is 0 Å². The minimum atomic E-state index is 0.152. The predicted molar refractivity (Wildman–Crippen MR) is 85.8 cm³/mol. The van der Waals surface area contributed by atoms with Gasteiger partial charge in [0.25, 0.3) is 0 Å². The summed E-state index contributed by atoms with van der Waals surface area (Å²) < 4.78 is 0. The third kappa shape index (κ3) is 6.05. The van der Waals surface area contributed by atoms with Crippen LogP contribution < -0.4 is 5.73 Å². The SMILES string of the molecule is CCCCCCCCCC(N)c1nc(CC)c(C)s1. The van der Waals surface area contributed by atoms with E-state index in [0.29, 0.717) is 0 Å². The van der Waals surface area contributed by atoms with Crippen LogP contribution in [0.3, 0.4) is 0 Å². The van der Waals surface area contributed by atoms with Crippen LogP contribution in [0.4, 0.5) is 0 Å². The van der Waals surface area contributed by atoms with Gasteiger partial charge in [0.05, 0.1) is 11.7 Å². The second-order valence-corrected chi connectivity index (χ2v) is 6.66. The molecule has 1 atom stereocenters. The van der Waals surface area contributed by atoms with Crippen molar-refractivity contribution in [3.8, 4) is 0 Å². The largest absolute Gasteiger partial charge is 0.322 e. The van der Waals surface area contributed by atoms with Crippen molar-refractivity contribution in [1.82, 2.24) is 4.98 Å². The molecule has 19 heavy (non-hydrogen) atoms. The molecule has 2 N–H and O–H groups in total. The minimum Gasteiger partial charge on any atom is -0.322 e. The standard InChI is InChI=1S/C16H30N2S/c1-4-6-7-8-9-10-11-12-14(17)16-18-15(5-2)13(3)19-16/h14H,4-12,17H2,1-3H3. The Morgan fingerprint density at radius 2 is 1.68 bits per heavy atom. The van der Waals surface area contributed by atoms with Crippen molar-refractivity contribution in [3.63, 3.8) is 0 Å². The van der Waals surface area contributed by atoms with Gasteiger partial charge < -0.3 is 5.73 Å². The fourth-order valence-corrected chi connectivity index (χ4v) is 3.43. The molecule has 0 amide bonds. The highest BCUT2D eigenvalue weighted by Crippen LogP contribution is 2.25. The average Bonchev–Trinajstić information content (AvgIpc) is 2.79. The maximum absolute atomic E-state index is 6.24. The Kier molecular flexibility index (Phi) is 8.31. The van der Waals surface area contributed by atoms with Crippen molar-refractivity contribution in [2.24, 2.45) is 5.73 Å². The molecule has 1 rings (SSSR count). The lowest BCUT2D eigenvalue weighted by atomic mass is 10.1. The first-order valence-corrected chi connectivity index (χ1v) is 8.72. The quantitative estimate of drug-likeness (QED) is 0.602. The van der Waals surface area contributed by atoms with E-state index in [0.717, 1.165) is 17.8 Å². The Morgan fingerprint density at radius 1 is 1.05 bits per heavy atom. The van der Waals surface area contributed by atoms with Crippen LogP contribution in [-0.2, 0) is 6.42 Å². The van der Waals surface area contributed by atoms with Gasteiger partial charge >= 0.3 is 0 Å². The van der Waals surface area contributed by atoms with Crippen LogP contribution in [0, 0.1) is 6.92 Å². The van der Waals surface area contributed by atoms with Crippen LogP contribution >= 0.6 is 11.3 Å². The summed E-state index contributed by atoms with van der Waals surface area (Å²) in [6.45, 7) is 6.58. The highest BCUT2D eigenvalue weighted by atomic mass is 32.1. The van der Waals surface area contributed by atoms with E-state index < -0.39 is 0 Å². The zero-order valence-corrected chi connectivity index (χ0v) is 13.7. The molecule has 1 aromatic heterocycles. The second kappa shape index (κ2) is 9.49. The van der Waals surface area contributed by atoms with E-state index in [4.69, 9.17) is 5.73 Å². The molecule has 0 saturated carbocycles. The summed E-state index contributed by atoms with van der Waals surface area (Å²) in [7, 11) is 0. The lowest BCUT2D eigenvalue weighted by Crippen LogP contribution is -2.09. The summed E-state index contributed by atoms with van der Waals surface area (Å²) in [6, 6.07) is 0.152. The maximum atomic E-state index is 6.24. The maximum Gasteiger partial charge on any atom is 0.110 e. The molecule has 1 unspecified atom stereocenters. The summed E-state index contributed by atoms with van der Waals surface area (Å²) in [5, 5.41) is 1.14. The number of hydrogen-bond donors (Lipinski definition) is 1. The van der Waals surface area contributed by atoms with E-state index in [-0.39, 0.29) is 6.04 Å². The number of rotatable bonds is 10. The van der Waals surface area contributed by atoms with Crippen molar-refractivity contribution < 1.29 is 0 Å². The van der Waals surface area contributed by atoms with Crippen LogP contribution in [0.1, 0.15) is 86.8 Å². The van der Waals surface area contributed by atoms with Crippen LogP contribution in [0.15, 0.2) is 0 Å². The molecule has 110 valence electrons. The molecule has 0 radical (unpaired) electrons. The third-order valence-corrected chi connectivity index (χ3v) is 4.82. The van der Waals surface area contributed by atoms with Crippen molar-refractivity contribution in [1.29, 1.82) is 0 Å². The first-order chi connectivity index (χ1) is 9.19. The smallest absolute Gasteiger partial charge is 0.110 e. The Bertz CT molecular complexity index is 347. The summed E-state index contributed by atoms with van der Waals surface area (Å²) in [6.07, 6.45) is 11.5. The van der Waals surface area contributed by atoms with Gasteiger partial charge in [0, 0.05) is 4.88 Å². The van der Waals surface area contributed by atoms with Gasteiger partial charge in [-0.2, -0.15) is 0 Å². The number of thiazole rings is 1. The zero-order chi connectivity index (χ0) is 14.1. The molecule has 0 aliphatic heterocycles. The highest BCUT2D eigenvalue weighted by molar-refractivity contribution is 7.11. The minimum absolute atomic E-state index is 0.152. The van der Waals surface area contributed by atoms with Gasteiger partial charge in [-0.05, 0) is 19.8 Å². The Hall–Kier alpha value is -0.410. The fourth-order valence-electron chi connectivity index (χ4n) is 2.38. The van der Waals surface area contributed by atoms with E-state index in [1.54, 1.807) is 11.3 Å². The topological polar surface area (TPSA) is 38.9 Å². The highest BCUT2D eigenvalue weighted by Gasteiger charge is 2.12. The van der Waals surface area contributed by atoms with E-state index in [1.807, 2.05) is 0 Å². The van der Waals surface area contributed by atoms with Crippen molar-refractivity contribution in [2.45, 2.75) is 84.6 Å². The lowest BCUT2D eigenvalue weighted by Gasteiger charge is -2.08. The number of aryl methyl sites for hydroxylation is 2. The van der Waals surface area contributed by atoms with E-state index >= 15 is 0 Å². The Labute approximate surface area is 122 Å². The lowest BCUT2D eigenvalue weighted by molar-refractivity contribution is 0.539. The molecular formula is C16H30N2S. The van der Waals surface area contributed by atoms with Crippen LogP contribution in [0.2, 0.25) is 0 Å². The number of unbranched alkanes of at least 4 members (excludes halogenated alkanes) is 6. The molecule has 0 aromatic carbocycles. The summed E-state index contributed by atoms with van der Waals surface area (Å²) in [5.41, 5.74) is 7.47. The summed E-state index contributed by atoms with van der Waals surface area (Å²) in [4.78, 5) is 6.00. The number of hydrogen-bond acceptors (Lipinski definition) is 3. The van der Waals surface area contributed by atoms with Gasteiger partial charge in [0.2, 0.25) is 0 Å². The monoisotopic (exact) mass is 282 g/mol. The molecule has 0 aliphatic rings. The molecule has 3 heteroatoms. The first-order valence-electron chi connectivity index (χ1n) is 7.90. The number of nitrogens with two attached hydrogens (primary N) is 1. The van der Waals surface area contributed by atoms with Crippen LogP contribution in [0.25, 0.3) is 0 Å². The van der Waals surface area contributed by atoms with E-state index in [2.05, 4.69) is 25.8 Å². The van der Waals surface area contributed by atoms with Crippen molar-refractivity contribution in [2.75, 3.05) is 0 Å². The second-order valence-electron chi connectivity index (χ2n) is 5.43. The zero-order valence-electron chi connectivity index (χ0n) is 12.9. The molecule has 0 spiro atoms. The average molecular weight is 282 g/mol. The molecule has 0 bridgehead atoms. The predicted octanol–water partition coefficient (Wildman–Crippen LogP) is 5.15. The number of nitrogens with zero attached hydrogens (tertiary/aromatic N) is 1. The van der Waals surface area contributed by atoms with Crippen LogP contribution in [-0.4, -0.2) is 4.98 Å². The first kappa shape index (κ1) is 16.6. The van der Waals surface area contributed by atoms with Gasteiger partial charge in [-0.3, -0.25) is 0 Å². The van der Waals surface area contributed by atoms with Gasteiger partial charge in [0.1, 0.15) is 5.01 Å².